The van der Waals surface area contributed by atoms with Crippen LogP contribution in [0.4, 0.5) is 21.5 Å². The zero-order valence-corrected chi connectivity index (χ0v) is 11.7. The lowest BCUT2D eigenvalue weighted by atomic mass is 10.2. The van der Waals surface area contributed by atoms with Crippen LogP contribution in [0.5, 0.6) is 0 Å². The van der Waals surface area contributed by atoms with Gasteiger partial charge >= 0.3 is 0 Å². The number of halogens is 3. The lowest BCUT2D eigenvalue weighted by Gasteiger charge is -2.08. The number of benzene rings is 2. The fraction of sp³-hybridized carbons (Fsp3) is 0. The van der Waals surface area contributed by atoms with Gasteiger partial charge in [0.05, 0.1) is 21.7 Å². The van der Waals surface area contributed by atoms with E-state index >= 15 is 0 Å². The topological polar surface area (TPSA) is 55.2 Å². The van der Waals surface area contributed by atoms with E-state index in [-0.39, 0.29) is 11.4 Å². The minimum absolute atomic E-state index is 0.260. The molecule has 0 aliphatic carbocycles. The van der Waals surface area contributed by atoms with Gasteiger partial charge in [0, 0.05) is 16.2 Å². The molecule has 0 heterocycles. The van der Waals surface area contributed by atoms with Crippen LogP contribution in [0.1, 0.15) is 0 Å². The van der Waals surface area contributed by atoms with Crippen molar-refractivity contribution in [2.24, 2.45) is 0 Å². The summed E-state index contributed by atoms with van der Waals surface area (Å²) in [7, 11) is 0. The Balaban J connectivity index is 2.35. The molecule has 0 aliphatic rings. The first kappa shape index (κ1) is 13.8. The summed E-state index contributed by atoms with van der Waals surface area (Å²) in [6.07, 6.45) is 0. The number of nitrogens with zero attached hydrogens (tertiary/aromatic N) is 1. The molecule has 0 radical (unpaired) electrons. The van der Waals surface area contributed by atoms with Gasteiger partial charge in [0.25, 0.3) is 5.69 Å². The number of nitrogens with one attached hydrogen (secondary N) is 1. The molecule has 0 amide bonds. The first-order valence-electron chi connectivity index (χ1n) is 5.13. The third kappa shape index (κ3) is 3.42. The highest BCUT2D eigenvalue weighted by Crippen LogP contribution is 2.30. The highest BCUT2D eigenvalue weighted by molar-refractivity contribution is 9.10. The van der Waals surface area contributed by atoms with Gasteiger partial charge in [-0.15, -0.1) is 0 Å². The summed E-state index contributed by atoms with van der Waals surface area (Å²) in [5.74, 6) is -0.690. The van der Waals surface area contributed by atoms with E-state index < -0.39 is 10.7 Å². The summed E-state index contributed by atoms with van der Waals surface area (Å²) in [4.78, 5) is 9.99. The van der Waals surface area contributed by atoms with Crippen molar-refractivity contribution in [3.8, 4) is 0 Å². The molecule has 0 aliphatic heterocycles. The number of hydrogen-bond acceptors (Lipinski definition) is 3. The molecule has 0 aromatic heterocycles. The van der Waals surface area contributed by atoms with Gasteiger partial charge in [-0.2, -0.15) is 0 Å². The average molecular weight is 346 g/mol. The van der Waals surface area contributed by atoms with Gasteiger partial charge in [0.2, 0.25) is 0 Å². The van der Waals surface area contributed by atoms with Crippen LogP contribution in [-0.4, -0.2) is 4.92 Å². The number of nitro groups is 1. The maximum atomic E-state index is 13.3. The first-order valence-corrected chi connectivity index (χ1v) is 6.30. The molecule has 1 N–H and O–H groups in total. The van der Waals surface area contributed by atoms with Crippen LogP contribution in [-0.2, 0) is 0 Å². The van der Waals surface area contributed by atoms with Crippen LogP contribution in [0.2, 0.25) is 5.02 Å². The third-order valence-corrected chi connectivity index (χ3v) is 3.11. The van der Waals surface area contributed by atoms with E-state index in [4.69, 9.17) is 11.6 Å². The Hall–Kier alpha value is -1.66. The zero-order valence-electron chi connectivity index (χ0n) is 9.36. The van der Waals surface area contributed by atoms with Crippen molar-refractivity contribution in [1.82, 2.24) is 0 Å². The molecule has 2 aromatic rings. The lowest BCUT2D eigenvalue weighted by molar-refractivity contribution is -0.385. The normalized spacial score (nSPS) is 10.3. The molecule has 0 bridgehead atoms. The first-order chi connectivity index (χ1) is 8.95. The third-order valence-electron chi connectivity index (χ3n) is 2.30. The van der Waals surface area contributed by atoms with Crippen molar-refractivity contribution in [2.45, 2.75) is 0 Å². The van der Waals surface area contributed by atoms with Gasteiger partial charge in [0.1, 0.15) is 5.82 Å². The van der Waals surface area contributed by atoms with Gasteiger partial charge in [-0.05, 0) is 24.3 Å². The maximum absolute atomic E-state index is 13.3. The Morgan fingerprint density at radius 2 is 2.00 bits per heavy atom. The van der Waals surface area contributed by atoms with E-state index in [2.05, 4.69) is 21.2 Å². The van der Waals surface area contributed by atoms with Crippen molar-refractivity contribution >= 4 is 44.6 Å². The smallest absolute Gasteiger partial charge is 0.274 e. The standard InChI is InChI=1S/C12H7BrClFN2O2/c13-7-1-2-12(11(14)3-7)16-9-4-8(15)5-10(6-9)17(18)19/h1-6,16H. The minimum atomic E-state index is -0.690. The Morgan fingerprint density at radius 3 is 2.63 bits per heavy atom. The molecular weight excluding hydrogens is 338 g/mol. The molecule has 2 aromatic carbocycles. The number of rotatable bonds is 3. The van der Waals surface area contributed by atoms with Gasteiger partial charge in [-0.1, -0.05) is 27.5 Å². The van der Waals surface area contributed by atoms with E-state index in [0.717, 1.165) is 16.6 Å². The van der Waals surface area contributed by atoms with Crippen LogP contribution >= 0.6 is 27.5 Å². The Labute approximate surface area is 121 Å². The van der Waals surface area contributed by atoms with Crippen LogP contribution in [0.15, 0.2) is 40.9 Å². The van der Waals surface area contributed by atoms with Crippen molar-refractivity contribution in [2.75, 3.05) is 5.32 Å². The Bertz CT molecular complexity index is 652. The van der Waals surface area contributed by atoms with Crippen LogP contribution < -0.4 is 5.32 Å². The molecule has 0 unspecified atom stereocenters. The Kier molecular flexibility index (Phi) is 4.01. The molecule has 0 saturated carbocycles. The summed E-state index contributed by atoms with van der Waals surface area (Å²) in [5, 5.41) is 13.9. The highest BCUT2D eigenvalue weighted by atomic mass is 79.9. The van der Waals surface area contributed by atoms with Gasteiger partial charge in [-0.3, -0.25) is 10.1 Å². The predicted molar refractivity (Wildman–Crippen MR) is 75.5 cm³/mol. The van der Waals surface area contributed by atoms with Crippen molar-refractivity contribution in [3.63, 3.8) is 0 Å². The van der Waals surface area contributed by atoms with Crippen LogP contribution in [0, 0.1) is 15.9 Å². The molecule has 4 nitrogen and oxygen atoms in total. The van der Waals surface area contributed by atoms with E-state index in [1.807, 2.05) is 0 Å². The van der Waals surface area contributed by atoms with E-state index in [1.165, 1.54) is 6.07 Å². The SMILES string of the molecule is O=[N+]([O-])c1cc(F)cc(Nc2ccc(Br)cc2Cl)c1. The summed E-state index contributed by atoms with van der Waals surface area (Å²) < 4.78 is 14.1. The second kappa shape index (κ2) is 5.54. The second-order valence-electron chi connectivity index (χ2n) is 3.70. The fourth-order valence-electron chi connectivity index (χ4n) is 1.50. The number of anilines is 2. The summed E-state index contributed by atoms with van der Waals surface area (Å²) in [6, 6.07) is 8.35. The van der Waals surface area contributed by atoms with Crippen molar-refractivity contribution < 1.29 is 9.31 Å². The minimum Gasteiger partial charge on any atom is -0.354 e. The monoisotopic (exact) mass is 344 g/mol. The molecule has 98 valence electrons. The number of hydrogen-bond donors (Lipinski definition) is 1. The largest absolute Gasteiger partial charge is 0.354 e. The molecule has 0 spiro atoms. The molecule has 0 atom stereocenters. The van der Waals surface area contributed by atoms with Crippen molar-refractivity contribution in [3.05, 3.63) is 61.8 Å². The molecule has 7 heteroatoms. The van der Waals surface area contributed by atoms with Crippen LogP contribution in [0.25, 0.3) is 0 Å². The molecular formula is C12H7BrClFN2O2. The van der Waals surface area contributed by atoms with E-state index in [9.17, 15) is 14.5 Å². The lowest BCUT2D eigenvalue weighted by Crippen LogP contribution is -1.95. The summed E-state index contributed by atoms with van der Waals surface area (Å²) in [5.41, 5.74) is 0.469. The van der Waals surface area contributed by atoms with Gasteiger partial charge in [-0.25, -0.2) is 4.39 Å². The second-order valence-corrected chi connectivity index (χ2v) is 5.03. The fourth-order valence-corrected chi connectivity index (χ4v) is 2.22. The quantitative estimate of drug-likeness (QED) is 0.636. The van der Waals surface area contributed by atoms with E-state index in [0.29, 0.717) is 10.7 Å². The van der Waals surface area contributed by atoms with Crippen molar-refractivity contribution in [1.29, 1.82) is 0 Å². The van der Waals surface area contributed by atoms with E-state index in [1.54, 1.807) is 18.2 Å². The number of nitro benzene ring substituents is 1. The molecule has 19 heavy (non-hydrogen) atoms. The van der Waals surface area contributed by atoms with Gasteiger partial charge < -0.3 is 5.32 Å². The highest BCUT2D eigenvalue weighted by Gasteiger charge is 2.10. The predicted octanol–water partition coefficient (Wildman–Crippen LogP) is 4.89. The van der Waals surface area contributed by atoms with Gasteiger partial charge in [0.15, 0.2) is 0 Å². The molecule has 0 saturated heterocycles. The zero-order chi connectivity index (χ0) is 14.0. The average Bonchev–Trinajstić information content (AvgIpc) is 2.32. The van der Waals surface area contributed by atoms with Crippen LogP contribution in [0.3, 0.4) is 0 Å². The molecule has 0 fully saturated rings. The molecule has 2 rings (SSSR count). The maximum Gasteiger partial charge on any atom is 0.274 e. The Morgan fingerprint density at radius 1 is 1.26 bits per heavy atom. The summed E-state index contributed by atoms with van der Waals surface area (Å²) in [6.45, 7) is 0. The number of non-ortho nitro benzene ring substituents is 1. The summed E-state index contributed by atoms with van der Waals surface area (Å²) >= 11 is 9.26.